The number of para-hydroxylation sites is 1. The molecule has 1 amide bonds. The molecular formula is C20H24N4O4S2. The van der Waals surface area contributed by atoms with Crippen molar-refractivity contribution >= 4 is 38.5 Å². The molecule has 2 atom stereocenters. The third-order valence-corrected chi connectivity index (χ3v) is 8.16. The molecule has 1 saturated heterocycles. The highest BCUT2D eigenvalue weighted by Gasteiger charge is 2.29. The fraction of sp³-hybridized carbons (Fsp3) is 0.450. The molecule has 0 spiro atoms. The molecule has 0 radical (unpaired) electrons. The van der Waals surface area contributed by atoms with E-state index in [2.05, 4.69) is 15.5 Å². The third kappa shape index (κ3) is 4.70. The molecule has 3 aromatic rings. The highest BCUT2D eigenvalue weighted by atomic mass is 32.2. The monoisotopic (exact) mass is 448 g/mol. The van der Waals surface area contributed by atoms with Crippen molar-refractivity contribution in [1.29, 1.82) is 0 Å². The number of sulfone groups is 1. The lowest BCUT2D eigenvalue weighted by Crippen LogP contribution is -2.28. The van der Waals surface area contributed by atoms with E-state index in [-0.39, 0.29) is 35.1 Å². The third-order valence-electron chi connectivity index (χ3n) is 5.30. The topological polar surface area (TPSA) is 107 Å². The number of thioether (sulfide) groups is 1. The van der Waals surface area contributed by atoms with Crippen molar-refractivity contribution in [2.75, 3.05) is 17.3 Å². The van der Waals surface area contributed by atoms with E-state index in [9.17, 15) is 13.2 Å². The van der Waals surface area contributed by atoms with Gasteiger partial charge in [-0.3, -0.25) is 4.79 Å². The molecule has 1 N–H and O–H groups in total. The minimum absolute atomic E-state index is 0.0868. The molecule has 1 aromatic carbocycles. The second kappa shape index (κ2) is 8.43. The first-order valence-corrected chi connectivity index (χ1v) is 12.6. The van der Waals surface area contributed by atoms with Crippen molar-refractivity contribution in [2.45, 2.75) is 31.0 Å². The van der Waals surface area contributed by atoms with Crippen LogP contribution in [0.15, 0.2) is 39.9 Å². The van der Waals surface area contributed by atoms with Gasteiger partial charge in [0.1, 0.15) is 17.2 Å². The molecule has 4 rings (SSSR count). The molecule has 30 heavy (non-hydrogen) atoms. The van der Waals surface area contributed by atoms with Crippen LogP contribution >= 0.6 is 11.8 Å². The SMILES string of the molecule is C[C@H](NC(=O)CSc1nnc(C[C@H]2CCS(=O)(=O)C2)n1C)c1cc2ccccc2o1. The van der Waals surface area contributed by atoms with Crippen molar-refractivity contribution in [1.82, 2.24) is 20.1 Å². The van der Waals surface area contributed by atoms with E-state index in [1.54, 1.807) is 0 Å². The first kappa shape index (κ1) is 20.9. The van der Waals surface area contributed by atoms with E-state index in [0.29, 0.717) is 23.8 Å². The Morgan fingerprint density at radius 2 is 2.17 bits per heavy atom. The average Bonchev–Trinajstić information content (AvgIpc) is 3.38. The molecule has 1 fully saturated rings. The predicted octanol–water partition coefficient (Wildman–Crippen LogP) is 2.51. The number of hydrogen-bond acceptors (Lipinski definition) is 7. The quantitative estimate of drug-likeness (QED) is 0.553. The van der Waals surface area contributed by atoms with E-state index < -0.39 is 9.84 Å². The van der Waals surface area contributed by atoms with Gasteiger partial charge in [-0.15, -0.1) is 10.2 Å². The summed E-state index contributed by atoms with van der Waals surface area (Å²) in [6.07, 6.45) is 1.25. The largest absolute Gasteiger partial charge is 0.459 e. The van der Waals surface area contributed by atoms with Crippen LogP contribution in [0.2, 0.25) is 0 Å². The van der Waals surface area contributed by atoms with Crippen LogP contribution in [0.25, 0.3) is 11.0 Å². The van der Waals surface area contributed by atoms with Gasteiger partial charge in [0.05, 0.1) is 23.3 Å². The maximum Gasteiger partial charge on any atom is 0.231 e. The fourth-order valence-electron chi connectivity index (χ4n) is 3.64. The number of amides is 1. The molecule has 1 aliphatic heterocycles. The summed E-state index contributed by atoms with van der Waals surface area (Å²) in [5.41, 5.74) is 0.796. The minimum atomic E-state index is -2.91. The molecule has 8 nitrogen and oxygen atoms in total. The molecule has 1 aliphatic rings. The summed E-state index contributed by atoms with van der Waals surface area (Å²) in [6.45, 7) is 1.89. The van der Waals surface area contributed by atoms with Crippen molar-refractivity contribution in [2.24, 2.45) is 13.0 Å². The number of hydrogen-bond donors (Lipinski definition) is 1. The van der Waals surface area contributed by atoms with Crippen LogP contribution in [0, 0.1) is 5.92 Å². The van der Waals surface area contributed by atoms with Gasteiger partial charge in [0.25, 0.3) is 0 Å². The number of nitrogens with zero attached hydrogens (tertiary/aromatic N) is 3. The normalized spacial score (nSPS) is 19.2. The van der Waals surface area contributed by atoms with Crippen molar-refractivity contribution in [3.63, 3.8) is 0 Å². The lowest BCUT2D eigenvalue weighted by atomic mass is 10.1. The highest BCUT2D eigenvalue weighted by molar-refractivity contribution is 7.99. The van der Waals surface area contributed by atoms with Crippen LogP contribution < -0.4 is 5.32 Å². The van der Waals surface area contributed by atoms with Crippen molar-refractivity contribution < 1.29 is 17.6 Å². The predicted molar refractivity (Wildman–Crippen MR) is 115 cm³/mol. The molecule has 0 unspecified atom stereocenters. The number of rotatable bonds is 7. The van der Waals surface area contributed by atoms with Crippen molar-refractivity contribution in [3.05, 3.63) is 41.9 Å². The van der Waals surface area contributed by atoms with E-state index in [1.165, 1.54) is 11.8 Å². The Hall–Kier alpha value is -2.33. The molecule has 160 valence electrons. The fourth-order valence-corrected chi connectivity index (χ4v) is 6.24. The van der Waals surface area contributed by atoms with Gasteiger partial charge in [-0.25, -0.2) is 8.42 Å². The number of aromatic nitrogens is 3. The summed E-state index contributed by atoms with van der Waals surface area (Å²) >= 11 is 1.30. The summed E-state index contributed by atoms with van der Waals surface area (Å²) in [7, 11) is -1.07. The maximum absolute atomic E-state index is 12.4. The zero-order valence-corrected chi connectivity index (χ0v) is 18.5. The Kier molecular flexibility index (Phi) is 5.88. The molecule has 3 heterocycles. The second-order valence-electron chi connectivity index (χ2n) is 7.70. The summed E-state index contributed by atoms with van der Waals surface area (Å²) in [4.78, 5) is 12.4. The Bertz CT molecular complexity index is 1140. The minimum Gasteiger partial charge on any atom is -0.459 e. The second-order valence-corrected chi connectivity index (χ2v) is 10.9. The van der Waals surface area contributed by atoms with E-state index in [0.717, 1.165) is 16.8 Å². The van der Waals surface area contributed by atoms with Crippen LogP contribution in [0.1, 0.15) is 31.0 Å². The van der Waals surface area contributed by atoms with Gasteiger partial charge < -0.3 is 14.3 Å². The molecule has 2 aromatic heterocycles. The molecule has 0 saturated carbocycles. The van der Waals surface area contributed by atoms with Gasteiger partial charge in [0, 0.05) is 18.9 Å². The smallest absolute Gasteiger partial charge is 0.231 e. The number of carbonyl (C=O) groups excluding carboxylic acids is 1. The van der Waals surface area contributed by atoms with Gasteiger partial charge in [-0.05, 0) is 31.4 Å². The van der Waals surface area contributed by atoms with Gasteiger partial charge in [-0.2, -0.15) is 0 Å². The summed E-state index contributed by atoms with van der Waals surface area (Å²) in [5, 5.41) is 12.9. The average molecular weight is 449 g/mol. The zero-order valence-electron chi connectivity index (χ0n) is 16.9. The lowest BCUT2D eigenvalue weighted by molar-refractivity contribution is -0.119. The number of carbonyl (C=O) groups is 1. The first-order valence-electron chi connectivity index (χ1n) is 9.80. The van der Waals surface area contributed by atoms with Gasteiger partial charge in [-0.1, -0.05) is 30.0 Å². The Labute approximate surface area is 179 Å². The first-order chi connectivity index (χ1) is 14.3. The molecule has 0 aliphatic carbocycles. The van der Waals surface area contributed by atoms with E-state index in [1.807, 2.05) is 48.9 Å². The van der Waals surface area contributed by atoms with Crippen LogP contribution in [0.4, 0.5) is 0 Å². The number of fused-ring (bicyclic) bond motifs is 1. The van der Waals surface area contributed by atoms with Crippen molar-refractivity contribution in [3.8, 4) is 0 Å². The van der Waals surface area contributed by atoms with Gasteiger partial charge >= 0.3 is 0 Å². The Balaban J connectivity index is 1.31. The van der Waals surface area contributed by atoms with Crippen LogP contribution in [0.3, 0.4) is 0 Å². The van der Waals surface area contributed by atoms with Crippen LogP contribution in [-0.2, 0) is 28.1 Å². The maximum atomic E-state index is 12.4. The van der Waals surface area contributed by atoms with E-state index >= 15 is 0 Å². The molecule has 0 bridgehead atoms. The summed E-state index contributed by atoms with van der Waals surface area (Å²) < 4.78 is 30.9. The summed E-state index contributed by atoms with van der Waals surface area (Å²) in [5.74, 6) is 2.08. The lowest BCUT2D eigenvalue weighted by Gasteiger charge is -2.11. The van der Waals surface area contributed by atoms with Crippen LogP contribution in [-0.4, -0.2) is 46.3 Å². The highest BCUT2D eigenvalue weighted by Crippen LogP contribution is 2.25. The molecule has 10 heteroatoms. The summed E-state index contributed by atoms with van der Waals surface area (Å²) in [6, 6.07) is 9.42. The zero-order chi connectivity index (χ0) is 21.3. The Morgan fingerprint density at radius 1 is 1.37 bits per heavy atom. The number of benzene rings is 1. The van der Waals surface area contributed by atoms with Gasteiger partial charge in [0.2, 0.25) is 5.91 Å². The number of furan rings is 1. The standard InChI is InChI=1S/C20H24N4O4S2/c1-13(17-10-15-5-3-4-6-16(15)28-17)21-19(25)11-29-20-23-22-18(24(20)2)9-14-7-8-30(26,27)12-14/h3-6,10,13-14H,7-9,11-12H2,1-2H3,(H,21,25)/t13-,14+/m0/s1. The van der Waals surface area contributed by atoms with Gasteiger partial charge in [0.15, 0.2) is 15.0 Å². The Morgan fingerprint density at radius 3 is 2.90 bits per heavy atom. The number of nitrogens with one attached hydrogen (secondary N) is 1. The van der Waals surface area contributed by atoms with E-state index in [4.69, 9.17) is 4.42 Å². The molecular weight excluding hydrogens is 424 g/mol. The van der Waals surface area contributed by atoms with Crippen LogP contribution in [0.5, 0.6) is 0 Å².